The molecule has 0 amide bonds. The Hall–Kier alpha value is -3.61. The highest BCUT2D eigenvalue weighted by molar-refractivity contribution is 5.89. The average molecular weight is 382 g/mol. The quantitative estimate of drug-likeness (QED) is 0.478. The second kappa shape index (κ2) is 8.39. The molecule has 0 saturated heterocycles. The zero-order chi connectivity index (χ0) is 20.1. The second-order valence-corrected chi connectivity index (χ2v) is 6.05. The Morgan fingerprint density at radius 3 is 2.68 bits per heavy atom. The number of esters is 2. The van der Waals surface area contributed by atoms with Gasteiger partial charge in [-0.1, -0.05) is 12.1 Å². The fraction of sp³-hybridized carbons (Fsp3) is 0.190. The van der Waals surface area contributed by atoms with Crippen molar-refractivity contribution in [1.29, 1.82) is 0 Å². The van der Waals surface area contributed by atoms with Crippen molar-refractivity contribution in [3.05, 3.63) is 75.6 Å². The summed E-state index contributed by atoms with van der Waals surface area (Å²) in [6, 6.07) is 13.0. The van der Waals surface area contributed by atoms with Gasteiger partial charge in [0.15, 0.2) is 6.61 Å². The Balaban J connectivity index is 1.58. The van der Waals surface area contributed by atoms with Crippen molar-refractivity contribution in [3.8, 4) is 5.75 Å². The highest BCUT2D eigenvalue weighted by atomic mass is 16.6. The summed E-state index contributed by atoms with van der Waals surface area (Å²) in [7, 11) is 1.30. The molecular weight excluding hydrogens is 364 g/mol. The van der Waals surface area contributed by atoms with Gasteiger partial charge in [0.05, 0.1) is 12.7 Å². The molecule has 0 bridgehead atoms. The molecular formula is C21H18O7. The summed E-state index contributed by atoms with van der Waals surface area (Å²) in [6.45, 7) is 1.50. The molecule has 0 unspecified atom stereocenters. The predicted molar refractivity (Wildman–Crippen MR) is 100 cm³/mol. The Bertz CT molecular complexity index is 1080. The standard InChI is InChI=1S/C21H18O7/c1-13-8-19(22)28-18-10-16(6-7-17(13)18)26-12-20(23)27-11-14-4-3-5-15(9-14)21(24)25-2/h3-10H,11-12H2,1-2H3. The van der Waals surface area contributed by atoms with Crippen molar-refractivity contribution in [1.82, 2.24) is 0 Å². The van der Waals surface area contributed by atoms with E-state index in [0.29, 0.717) is 22.5 Å². The molecule has 1 aromatic heterocycles. The lowest BCUT2D eigenvalue weighted by Gasteiger charge is -2.09. The minimum Gasteiger partial charge on any atom is -0.482 e. The van der Waals surface area contributed by atoms with Crippen LogP contribution in [0.2, 0.25) is 0 Å². The Morgan fingerprint density at radius 2 is 1.89 bits per heavy atom. The molecule has 3 rings (SSSR count). The first kappa shape index (κ1) is 19.2. The van der Waals surface area contributed by atoms with E-state index in [9.17, 15) is 14.4 Å². The average Bonchev–Trinajstić information content (AvgIpc) is 2.69. The molecule has 0 aliphatic heterocycles. The van der Waals surface area contributed by atoms with Crippen LogP contribution in [0, 0.1) is 6.92 Å². The van der Waals surface area contributed by atoms with E-state index in [0.717, 1.165) is 10.9 Å². The van der Waals surface area contributed by atoms with Crippen molar-refractivity contribution in [2.24, 2.45) is 0 Å². The summed E-state index contributed by atoms with van der Waals surface area (Å²) >= 11 is 0. The lowest BCUT2D eigenvalue weighted by molar-refractivity contribution is -0.147. The maximum atomic E-state index is 11.9. The highest BCUT2D eigenvalue weighted by Gasteiger charge is 2.09. The maximum Gasteiger partial charge on any atom is 0.344 e. The van der Waals surface area contributed by atoms with Crippen molar-refractivity contribution in [3.63, 3.8) is 0 Å². The van der Waals surface area contributed by atoms with Crippen LogP contribution < -0.4 is 10.4 Å². The maximum absolute atomic E-state index is 11.9. The van der Waals surface area contributed by atoms with Crippen molar-refractivity contribution >= 4 is 22.9 Å². The normalized spacial score (nSPS) is 10.5. The number of fused-ring (bicyclic) bond motifs is 1. The first-order valence-electron chi connectivity index (χ1n) is 8.46. The van der Waals surface area contributed by atoms with Gasteiger partial charge in [0.2, 0.25) is 0 Å². The smallest absolute Gasteiger partial charge is 0.344 e. The van der Waals surface area contributed by atoms with Crippen LogP contribution in [-0.2, 0) is 20.9 Å². The summed E-state index contributed by atoms with van der Waals surface area (Å²) in [4.78, 5) is 34.9. The van der Waals surface area contributed by atoms with E-state index in [1.807, 2.05) is 6.92 Å². The fourth-order valence-electron chi connectivity index (χ4n) is 2.65. The molecule has 0 spiro atoms. The van der Waals surface area contributed by atoms with Crippen LogP contribution >= 0.6 is 0 Å². The molecule has 0 N–H and O–H groups in total. The lowest BCUT2D eigenvalue weighted by atomic mass is 10.1. The monoisotopic (exact) mass is 382 g/mol. The van der Waals surface area contributed by atoms with Gasteiger partial charge in [0.25, 0.3) is 0 Å². The molecule has 3 aromatic rings. The molecule has 0 radical (unpaired) electrons. The van der Waals surface area contributed by atoms with Gasteiger partial charge in [-0.05, 0) is 42.3 Å². The van der Waals surface area contributed by atoms with Crippen LogP contribution in [0.15, 0.2) is 57.7 Å². The SMILES string of the molecule is COC(=O)c1cccc(COC(=O)COc2ccc3c(C)cc(=O)oc3c2)c1. The van der Waals surface area contributed by atoms with E-state index in [-0.39, 0.29) is 13.2 Å². The number of rotatable bonds is 6. The van der Waals surface area contributed by atoms with Crippen LogP contribution in [0.25, 0.3) is 11.0 Å². The molecule has 7 heteroatoms. The topological polar surface area (TPSA) is 92.0 Å². The minimum absolute atomic E-state index is 0.00117. The number of methoxy groups -OCH3 is 1. The van der Waals surface area contributed by atoms with Gasteiger partial charge in [0.1, 0.15) is 17.9 Å². The van der Waals surface area contributed by atoms with Gasteiger partial charge >= 0.3 is 17.6 Å². The van der Waals surface area contributed by atoms with Crippen molar-refractivity contribution < 1.29 is 28.2 Å². The largest absolute Gasteiger partial charge is 0.482 e. The molecule has 1 heterocycles. The number of ether oxygens (including phenoxy) is 3. The van der Waals surface area contributed by atoms with Crippen LogP contribution in [0.3, 0.4) is 0 Å². The molecule has 28 heavy (non-hydrogen) atoms. The molecule has 0 aliphatic rings. The van der Waals surface area contributed by atoms with E-state index < -0.39 is 17.6 Å². The summed E-state index contributed by atoms with van der Waals surface area (Å²) in [5.41, 5.74) is 1.76. The van der Waals surface area contributed by atoms with E-state index in [1.54, 1.807) is 42.5 Å². The Kier molecular flexibility index (Phi) is 5.74. The van der Waals surface area contributed by atoms with Gasteiger partial charge in [-0.25, -0.2) is 14.4 Å². The highest BCUT2D eigenvalue weighted by Crippen LogP contribution is 2.22. The van der Waals surface area contributed by atoms with Crippen LogP contribution in [0.5, 0.6) is 5.75 Å². The first-order chi connectivity index (χ1) is 13.5. The molecule has 0 aliphatic carbocycles. The molecule has 7 nitrogen and oxygen atoms in total. The summed E-state index contributed by atoms with van der Waals surface area (Å²) in [6.07, 6.45) is 0. The molecule has 0 atom stereocenters. The number of benzene rings is 2. The van der Waals surface area contributed by atoms with Crippen LogP contribution in [0.4, 0.5) is 0 Å². The number of hydrogen-bond acceptors (Lipinski definition) is 7. The third-order valence-electron chi connectivity index (χ3n) is 4.03. The Labute approximate surface area is 160 Å². The molecule has 0 fully saturated rings. The zero-order valence-electron chi connectivity index (χ0n) is 15.4. The van der Waals surface area contributed by atoms with Crippen molar-refractivity contribution in [2.75, 3.05) is 13.7 Å². The summed E-state index contributed by atoms with van der Waals surface area (Å²) in [5.74, 6) is -0.658. The first-order valence-corrected chi connectivity index (χ1v) is 8.46. The molecule has 144 valence electrons. The van der Waals surface area contributed by atoms with E-state index >= 15 is 0 Å². The van der Waals surface area contributed by atoms with Gasteiger partial charge in [-0.15, -0.1) is 0 Å². The number of carbonyl (C=O) groups is 2. The molecule has 0 saturated carbocycles. The van der Waals surface area contributed by atoms with Crippen molar-refractivity contribution in [2.45, 2.75) is 13.5 Å². The van der Waals surface area contributed by atoms with Crippen LogP contribution in [0.1, 0.15) is 21.5 Å². The van der Waals surface area contributed by atoms with Gasteiger partial charge < -0.3 is 18.6 Å². The van der Waals surface area contributed by atoms with Crippen LogP contribution in [-0.4, -0.2) is 25.7 Å². The fourth-order valence-corrected chi connectivity index (χ4v) is 2.65. The summed E-state index contributed by atoms with van der Waals surface area (Å²) in [5, 5.41) is 0.792. The summed E-state index contributed by atoms with van der Waals surface area (Å²) < 4.78 is 20.4. The van der Waals surface area contributed by atoms with Gasteiger partial charge in [0, 0.05) is 17.5 Å². The van der Waals surface area contributed by atoms with E-state index in [1.165, 1.54) is 13.2 Å². The van der Waals surface area contributed by atoms with E-state index in [4.69, 9.17) is 13.9 Å². The van der Waals surface area contributed by atoms with E-state index in [2.05, 4.69) is 4.74 Å². The third-order valence-corrected chi connectivity index (χ3v) is 4.03. The van der Waals surface area contributed by atoms with Gasteiger partial charge in [-0.3, -0.25) is 0 Å². The number of hydrogen-bond donors (Lipinski definition) is 0. The lowest BCUT2D eigenvalue weighted by Crippen LogP contribution is -2.15. The second-order valence-electron chi connectivity index (χ2n) is 6.05. The number of carbonyl (C=O) groups excluding carboxylic acids is 2. The predicted octanol–water partition coefficient (Wildman–Crippen LogP) is 3.01. The van der Waals surface area contributed by atoms with Gasteiger partial charge in [-0.2, -0.15) is 0 Å². The number of aryl methyl sites for hydroxylation is 1. The Morgan fingerprint density at radius 1 is 1.07 bits per heavy atom. The zero-order valence-corrected chi connectivity index (χ0v) is 15.4. The minimum atomic E-state index is -0.575. The molecule has 2 aromatic carbocycles. The third kappa shape index (κ3) is 4.56.